The first kappa shape index (κ1) is 15.0. The van der Waals surface area contributed by atoms with Gasteiger partial charge in [-0.05, 0) is 51.8 Å². The zero-order chi connectivity index (χ0) is 14.5. The van der Waals surface area contributed by atoms with Gasteiger partial charge in [-0.1, -0.05) is 17.7 Å². The van der Waals surface area contributed by atoms with Crippen LogP contribution in [0.4, 0.5) is 5.69 Å². The molecule has 0 unspecified atom stereocenters. The molecule has 1 aliphatic carbocycles. The van der Waals surface area contributed by atoms with Gasteiger partial charge >= 0.3 is 0 Å². The van der Waals surface area contributed by atoms with Crippen LogP contribution in [-0.2, 0) is 4.79 Å². The van der Waals surface area contributed by atoms with Gasteiger partial charge in [0, 0.05) is 17.8 Å². The Hall–Kier alpha value is -1.39. The van der Waals surface area contributed by atoms with Crippen LogP contribution in [-0.4, -0.2) is 36.5 Å². The smallest absolute Gasteiger partial charge is 0.238 e. The summed E-state index contributed by atoms with van der Waals surface area (Å²) < 4.78 is 0. The van der Waals surface area contributed by atoms with E-state index in [1.165, 1.54) is 5.56 Å². The van der Waals surface area contributed by atoms with Gasteiger partial charge in [-0.3, -0.25) is 9.69 Å². The summed E-state index contributed by atoms with van der Waals surface area (Å²) in [6.07, 6.45) is 4.31. The van der Waals surface area contributed by atoms with Crippen LogP contribution in [0.15, 0.2) is 24.3 Å². The van der Waals surface area contributed by atoms with Crippen molar-refractivity contribution >= 4 is 11.6 Å². The second-order valence-corrected chi connectivity index (χ2v) is 5.90. The van der Waals surface area contributed by atoms with E-state index in [0.29, 0.717) is 18.6 Å². The molecule has 1 saturated carbocycles. The number of nitrogens with two attached hydrogens (primary N) is 1. The maximum atomic E-state index is 12.0. The van der Waals surface area contributed by atoms with Crippen LogP contribution in [0.2, 0.25) is 0 Å². The fraction of sp³-hybridized carbons (Fsp3) is 0.562. The minimum absolute atomic E-state index is 0.0474. The van der Waals surface area contributed by atoms with Gasteiger partial charge in [0.25, 0.3) is 0 Å². The fourth-order valence-electron chi connectivity index (χ4n) is 2.74. The number of benzene rings is 1. The summed E-state index contributed by atoms with van der Waals surface area (Å²) in [7, 11) is 2.02. The fourth-order valence-corrected chi connectivity index (χ4v) is 2.74. The van der Waals surface area contributed by atoms with E-state index < -0.39 is 0 Å². The monoisotopic (exact) mass is 275 g/mol. The molecular weight excluding hydrogens is 250 g/mol. The summed E-state index contributed by atoms with van der Waals surface area (Å²) in [5, 5.41) is 2.94. The lowest BCUT2D eigenvalue weighted by Crippen LogP contribution is -2.42. The SMILES string of the molecule is Cc1ccc(NC(=O)CN(C)C2CCC(N)CC2)cc1. The first-order valence-corrected chi connectivity index (χ1v) is 7.37. The van der Waals surface area contributed by atoms with Crippen molar-refractivity contribution in [2.24, 2.45) is 5.73 Å². The highest BCUT2D eigenvalue weighted by atomic mass is 16.2. The standard InChI is InChI=1S/C16H25N3O/c1-12-3-7-14(8-4-12)18-16(20)11-19(2)15-9-5-13(17)6-10-15/h3-4,7-8,13,15H,5-6,9-11,17H2,1-2H3,(H,18,20). The van der Waals surface area contributed by atoms with E-state index in [4.69, 9.17) is 5.73 Å². The van der Waals surface area contributed by atoms with Crippen molar-refractivity contribution in [1.82, 2.24) is 4.90 Å². The van der Waals surface area contributed by atoms with Crippen molar-refractivity contribution in [1.29, 1.82) is 0 Å². The van der Waals surface area contributed by atoms with Crippen molar-refractivity contribution in [3.63, 3.8) is 0 Å². The summed E-state index contributed by atoms with van der Waals surface area (Å²) in [6, 6.07) is 8.71. The molecule has 110 valence electrons. The molecule has 2 rings (SSSR count). The number of nitrogens with one attached hydrogen (secondary N) is 1. The molecule has 0 saturated heterocycles. The highest BCUT2D eigenvalue weighted by Crippen LogP contribution is 2.21. The normalized spacial score (nSPS) is 22.8. The molecule has 1 aromatic rings. The summed E-state index contributed by atoms with van der Waals surface area (Å²) in [6.45, 7) is 2.47. The molecule has 0 atom stereocenters. The van der Waals surface area contributed by atoms with Crippen LogP contribution in [0.25, 0.3) is 0 Å². The number of likely N-dealkylation sites (N-methyl/N-ethyl adjacent to an activating group) is 1. The van der Waals surface area contributed by atoms with E-state index in [9.17, 15) is 4.79 Å². The molecule has 0 aliphatic heterocycles. The maximum Gasteiger partial charge on any atom is 0.238 e. The van der Waals surface area contributed by atoms with E-state index in [-0.39, 0.29) is 5.91 Å². The largest absolute Gasteiger partial charge is 0.328 e. The van der Waals surface area contributed by atoms with Crippen LogP contribution >= 0.6 is 0 Å². The molecule has 4 heteroatoms. The van der Waals surface area contributed by atoms with Crippen LogP contribution < -0.4 is 11.1 Å². The first-order chi connectivity index (χ1) is 9.54. The summed E-state index contributed by atoms with van der Waals surface area (Å²) in [4.78, 5) is 14.2. The molecule has 20 heavy (non-hydrogen) atoms. The van der Waals surface area contributed by atoms with E-state index in [1.807, 2.05) is 38.2 Å². The van der Waals surface area contributed by atoms with Gasteiger partial charge in [-0.25, -0.2) is 0 Å². The third-order valence-electron chi connectivity index (χ3n) is 4.09. The average Bonchev–Trinajstić information content (AvgIpc) is 2.42. The molecule has 1 aromatic carbocycles. The minimum atomic E-state index is 0.0474. The Labute approximate surface area is 121 Å². The number of carbonyl (C=O) groups excluding carboxylic acids is 1. The lowest BCUT2D eigenvalue weighted by atomic mass is 9.91. The van der Waals surface area contributed by atoms with Crippen molar-refractivity contribution in [3.05, 3.63) is 29.8 Å². The highest BCUT2D eigenvalue weighted by molar-refractivity contribution is 5.92. The number of aryl methyl sites for hydroxylation is 1. The maximum absolute atomic E-state index is 12.0. The van der Waals surface area contributed by atoms with Crippen molar-refractivity contribution < 1.29 is 4.79 Å². The molecule has 0 bridgehead atoms. The number of carbonyl (C=O) groups is 1. The quantitative estimate of drug-likeness (QED) is 0.885. The predicted molar refractivity (Wildman–Crippen MR) is 82.7 cm³/mol. The van der Waals surface area contributed by atoms with Crippen molar-refractivity contribution in [3.8, 4) is 0 Å². The van der Waals surface area contributed by atoms with Gasteiger partial charge in [0.1, 0.15) is 0 Å². The topological polar surface area (TPSA) is 58.4 Å². The molecule has 1 aliphatic rings. The number of anilines is 1. The van der Waals surface area contributed by atoms with Gasteiger partial charge in [-0.2, -0.15) is 0 Å². The van der Waals surface area contributed by atoms with Gasteiger partial charge in [0.2, 0.25) is 5.91 Å². The summed E-state index contributed by atoms with van der Waals surface area (Å²) in [5.41, 5.74) is 7.97. The molecule has 3 N–H and O–H groups in total. The summed E-state index contributed by atoms with van der Waals surface area (Å²) in [5.74, 6) is 0.0474. The van der Waals surface area contributed by atoms with Gasteiger partial charge in [-0.15, -0.1) is 0 Å². The van der Waals surface area contributed by atoms with E-state index >= 15 is 0 Å². The number of rotatable bonds is 4. The Morgan fingerprint density at radius 3 is 2.45 bits per heavy atom. The lowest BCUT2D eigenvalue weighted by Gasteiger charge is -2.33. The molecule has 0 spiro atoms. The summed E-state index contributed by atoms with van der Waals surface area (Å²) >= 11 is 0. The Morgan fingerprint density at radius 2 is 1.85 bits per heavy atom. The van der Waals surface area contributed by atoms with E-state index in [1.54, 1.807) is 0 Å². The van der Waals surface area contributed by atoms with Gasteiger partial charge < -0.3 is 11.1 Å². The molecule has 0 heterocycles. The van der Waals surface area contributed by atoms with Crippen molar-refractivity contribution in [2.75, 3.05) is 18.9 Å². The molecule has 0 radical (unpaired) electrons. The zero-order valence-electron chi connectivity index (χ0n) is 12.4. The first-order valence-electron chi connectivity index (χ1n) is 7.37. The predicted octanol–water partition coefficient (Wildman–Crippen LogP) is 2.14. The highest BCUT2D eigenvalue weighted by Gasteiger charge is 2.23. The third-order valence-corrected chi connectivity index (χ3v) is 4.09. The molecule has 1 amide bonds. The van der Waals surface area contributed by atoms with Crippen LogP contribution in [0.1, 0.15) is 31.2 Å². The molecule has 1 fully saturated rings. The van der Waals surface area contributed by atoms with Crippen LogP contribution in [0, 0.1) is 6.92 Å². The lowest BCUT2D eigenvalue weighted by molar-refractivity contribution is -0.117. The van der Waals surface area contributed by atoms with E-state index in [2.05, 4.69) is 10.2 Å². The van der Waals surface area contributed by atoms with Gasteiger partial charge in [0.15, 0.2) is 0 Å². The second kappa shape index (κ2) is 6.86. The second-order valence-electron chi connectivity index (χ2n) is 5.90. The van der Waals surface area contributed by atoms with Gasteiger partial charge in [0.05, 0.1) is 6.54 Å². The molecule has 0 aromatic heterocycles. The van der Waals surface area contributed by atoms with Crippen LogP contribution in [0.5, 0.6) is 0 Å². The number of nitrogens with zero attached hydrogens (tertiary/aromatic N) is 1. The Balaban J connectivity index is 1.80. The number of hydrogen-bond acceptors (Lipinski definition) is 3. The van der Waals surface area contributed by atoms with Crippen LogP contribution in [0.3, 0.4) is 0 Å². The Morgan fingerprint density at radius 1 is 1.25 bits per heavy atom. The minimum Gasteiger partial charge on any atom is -0.328 e. The molecular formula is C16H25N3O. The van der Waals surface area contributed by atoms with Crippen molar-refractivity contribution in [2.45, 2.75) is 44.7 Å². The molecule has 4 nitrogen and oxygen atoms in total. The third kappa shape index (κ3) is 4.32. The Kier molecular flexibility index (Phi) is 5.15. The Bertz CT molecular complexity index is 436. The van der Waals surface area contributed by atoms with E-state index in [0.717, 1.165) is 31.4 Å². The number of hydrogen-bond donors (Lipinski definition) is 2. The number of amides is 1. The zero-order valence-corrected chi connectivity index (χ0v) is 12.4. The average molecular weight is 275 g/mol.